The monoisotopic (exact) mass is 1070 g/mol. The van der Waals surface area contributed by atoms with Gasteiger partial charge in [-0.05, 0) is 147 Å². The van der Waals surface area contributed by atoms with Crippen molar-refractivity contribution in [2.24, 2.45) is 0 Å². The quantitative estimate of drug-likeness (QED) is 0.149. The molecule has 6 heterocycles. The molecule has 13 aromatic rings. The van der Waals surface area contributed by atoms with Crippen LogP contribution in [0.15, 0.2) is 215 Å². The zero-order chi connectivity index (χ0) is 54.3. The van der Waals surface area contributed by atoms with E-state index in [1.807, 2.05) is 34.8 Å². The van der Waals surface area contributed by atoms with Gasteiger partial charge in [0.2, 0.25) is 0 Å². The van der Waals surface area contributed by atoms with Gasteiger partial charge in [0.05, 0.1) is 22.7 Å². The van der Waals surface area contributed by atoms with Crippen molar-refractivity contribution in [3.05, 3.63) is 223 Å². The Labute approximate surface area is 476 Å². The molecule has 4 aromatic heterocycles. The number of hydrogen-bond acceptors (Lipinski definition) is 6. The first-order valence-electron chi connectivity index (χ1n) is 28.0. The zero-order valence-corrected chi connectivity index (χ0v) is 47.9. The Bertz CT molecular complexity index is 4270. The maximum atomic E-state index is 6.63. The molecule has 0 bridgehead atoms. The van der Waals surface area contributed by atoms with Crippen molar-refractivity contribution in [1.29, 1.82) is 0 Å². The zero-order valence-electron chi connectivity index (χ0n) is 46.3. The van der Waals surface area contributed by atoms with Crippen molar-refractivity contribution in [3.63, 3.8) is 0 Å². The summed E-state index contributed by atoms with van der Waals surface area (Å²) in [5.74, 6) is 1.92. The predicted molar refractivity (Wildman–Crippen MR) is 344 cm³/mol. The van der Waals surface area contributed by atoms with E-state index in [1.165, 1.54) is 74.6 Å². The van der Waals surface area contributed by atoms with E-state index < -0.39 is 0 Å². The first-order chi connectivity index (χ1) is 38.7. The van der Waals surface area contributed by atoms with Gasteiger partial charge in [-0.1, -0.05) is 165 Å². The smallest absolute Gasteiger partial charge is 0.277 e. The molecule has 2 aliphatic rings. The third-order valence-corrected chi connectivity index (χ3v) is 19.2. The summed E-state index contributed by atoms with van der Waals surface area (Å²) in [5, 5.41) is 4.76. The molecule has 0 radical (unpaired) electrons. The highest BCUT2D eigenvalue weighted by Gasteiger charge is 2.48. The number of rotatable bonds is 7. The lowest BCUT2D eigenvalue weighted by atomic mass is 9.39. The lowest BCUT2D eigenvalue weighted by Crippen LogP contribution is -2.59. The maximum absolute atomic E-state index is 6.63. The molecule has 2 aliphatic heterocycles. The normalized spacial score (nSPS) is 13.3. The average molecular weight is 1070 g/mol. The van der Waals surface area contributed by atoms with Crippen molar-refractivity contribution in [1.82, 2.24) is 0 Å². The standard InChI is InChI=1S/C73H59BN2O2S2/c1-43(2)50-37-59-67-60(38-50)76(58-32-28-49(36-54(58)45-21-13-10-14-22-45)64-40-47-24-16-18-26-62(47)78-64)69-56-42-52(73(6,7)8)30-34-66(56)80-71(69)74(67)70-68(55-41-51(72(3,4)5)29-33-65(55)79-70)75(59)57-31-27-48(35-53(57)44-19-11-9-12-20-44)63-39-46-23-15-17-25-61(46)77-63/h9-43H,1-8H3. The fraction of sp³-hybridized carbons (Fsp3) is 0.151. The van der Waals surface area contributed by atoms with Gasteiger partial charge in [0, 0.05) is 74.1 Å². The topological polar surface area (TPSA) is 32.8 Å². The van der Waals surface area contributed by atoms with E-state index in [0.29, 0.717) is 0 Å². The first kappa shape index (κ1) is 48.7. The molecule has 388 valence electrons. The van der Waals surface area contributed by atoms with E-state index in [0.717, 1.165) is 78.2 Å². The van der Waals surface area contributed by atoms with E-state index in [9.17, 15) is 0 Å². The third kappa shape index (κ3) is 7.76. The second kappa shape index (κ2) is 18.1. The van der Waals surface area contributed by atoms with Crippen molar-refractivity contribution >= 4 is 121 Å². The number of benzene rings is 9. The van der Waals surface area contributed by atoms with Crippen LogP contribution in [0.3, 0.4) is 0 Å². The lowest BCUT2D eigenvalue weighted by molar-refractivity contribution is 0.591. The van der Waals surface area contributed by atoms with Crippen LogP contribution >= 0.6 is 22.7 Å². The molecule has 0 N–H and O–H groups in total. The van der Waals surface area contributed by atoms with E-state index >= 15 is 0 Å². The van der Waals surface area contributed by atoms with Gasteiger partial charge < -0.3 is 18.6 Å². The van der Waals surface area contributed by atoms with Crippen LogP contribution in [0.5, 0.6) is 0 Å². The number of thiophene rings is 2. The Hall–Kier alpha value is -8.36. The van der Waals surface area contributed by atoms with Crippen molar-refractivity contribution < 1.29 is 8.83 Å². The van der Waals surface area contributed by atoms with E-state index in [4.69, 9.17) is 8.83 Å². The van der Waals surface area contributed by atoms with Crippen LogP contribution in [-0.4, -0.2) is 6.71 Å². The number of nitrogens with zero attached hydrogens (tertiary/aromatic N) is 2. The van der Waals surface area contributed by atoms with Crippen LogP contribution in [0.4, 0.5) is 34.1 Å². The SMILES string of the molecule is CC(C)c1cc2c3c(c1)N(c1ccc(-c4cc5ccccc5o4)cc1-c1ccccc1)c1c(sc4ccc(C(C)(C)C)cc14)B3c1sc3ccc(C(C)(C)C)cc3c1N2c1ccc(-c2cc3ccccc3o2)cc1-c1ccccc1. The molecule has 0 atom stereocenters. The van der Waals surface area contributed by atoms with Crippen molar-refractivity contribution in [2.75, 3.05) is 9.80 Å². The third-order valence-electron chi connectivity index (χ3n) is 16.7. The molecule has 7 heteroatoms. The van der Waals surface area contributed by atoms with Gasteiger partial charge in [0.1, 0.15) is 22.7 Å². The first-order valence-corrected chi connectivity index (χ1v) is 29.7. The lowest BCUT2D eigenvalue weighted by Gasteiger charge is -2.43. The van der Waals surface area contributed by atoms with Gasteiger partial charge in [0.25, 0.3) is 6.71 Å². The number of hydrogen-bond donors (Lipinski definition) is 0. The maximum Gasteiger partial charge on any atom is 0.277 e. The highest BCUT2D eigenvalue weighted by molar-refractivity contribution is 7.40. The summed E-state index contributed by atoms with van der Waals surface area (Å²) in [4.78, 5) is 5.34. The van der Waals surface area contributed by atoms with E-state index in [2.05, 4.69) is 259 Å². The largest absolute Gasteiger partial charge is 0.456 e. The fourth-order valence-corrected chi connectivity index (χ4v) is 15.1. The van der Waals surface area contributed by atoms with Crippen LogP contribution < -0.4 is 24.8 Å². The van der Waals surface area contributed by atoms with Gasteiger partial charge >= 0.3 is 0 Å². The van der Waals surface area contributed by atoms with Crippen LogP contribution in [0, 0.1) is 0 Å². The highest BCUT2D eigenvalue weighted by Crippen LogP contribution is 2.55. The number of fused-ring (bicyclic) bond motifs is 10. The Kier molecular flexibility index (Phi) is 11.0. The summed E-state index contributed by atoms with van der Waals surface area (Å²) >= 11 is 3.94. The molecule has 0 amide bonds. The van der Waals surface area contributed by atoms with Crippen molar-refractivity contribution in [2.45, 2.75) is 72.1 Å². The predicted octanol–water partition coefficient (Wildman–Crippen LogP) is 20.1. The van der Waals surface area contributed by atoms with Crippen LogP contribution in [0.1, 0.15) is 78.0 Å². The summed E-state index contributed by atoms with van der Waals surface area (Å²) in [6.07, 6.45) is 0. The van der Waals surface area contributed by atoms with Crippen LogP contribution in [0.25, 0.3) is 87.0 Å². The Morgan fingerprint density at radius 1 is 0.412 bits per heavy atom. The Morgan fingerprint density at radius 3 is 1.25 bits per heavy atom. The fourth-order valence-electron chi connectivity index (χ4n) is 12.5. The highest BCUT2D eigenvalue weighted by atomic mass is 32.1. The summed E-state index contributed by atoms with van der Waals surface area (Å²) < 4.78 is 18.6. The van der Waals surface area contributed by atoms with Crippen LogP contribution in [-0.2, 0) is 10.8 Å². The number of furan rings is 2. The minimum absolute atomic E-state index is 0.0466. The molecule has 0 fully saturated rings. The van der Waals surface area contributed by atoms with E-state index in [1.54, 1.807) is 0 Å². The molecule has 0 saturated heterocycles. The Balaban J connectivity index is 1.07. The molecular formula is C73H59BN2O2S2. The second-order valence-corrected chi connectivity index (χ2v) is 26.4. The van der Waals surface area contributed by atoms with Gasteiger partial charge in [0.15, 0.2) is 0 Å². The molecule has 80 heavy (non-hydrogen) atoms. The molecule has 9 aromatic carbocycles. The summed E-state index contributed by atoms with van der Waals surface area (Å²) in [7, 11) is 0. The minimum atomic E-state index is -0.0625. The van der Waals surface area contributed by atoms with Gasteiger partial charge in [-0.25, -0.2) is 0 Å². The number of anilines is 6. The molecular weight excluding hydrogens is 1010 g/mol. The van der Waals surface area contributed by atoms with Gasteiger partial charge in [-0.3, -0.25) is 0 Å². The minimum Gasteiger partial charge on any atom is -0.456 e. The van der Waals surface area contributed by atoms with Gasteiger partial charge in [-0.2, -0.15) is 0 Å². The molecule has 15 rings (SSSR count). The molecule has 0 aliphatic carbocycles. The molecule has 0 spiro atoms. The molecule has 0 unspecified atom stereocenters. The number of para-hydroxylation sites is 2. The summed E-state index contributed by atoms with van der Waals surface area (Å²) in [5.41, 5.74) is 20.7. The van der Waals surface area contributed by atoms with Crippen molar-refractivity contribution in [3.8, 4) is 44.9 Å². The van der Waals surface area contributed by atoms with Crippen LogP contribution in [0.2, 0.25) is 0 Å². The van der Waals surface area contributed by atoms with Gasteiger partial charge in [-0.15, -0.1) is 22.7 Å². The summed E-state index contributed by atoms with van der Waals surface area (Å²) in [6, 6.07) is 76.5. The molecule has 4 nitrogen and oxygen atoms in total. The molecule has 0 saturated carbocycles. The average Bonchev–Trinajstić information content (AvgIpc) is 3.60. The Morgan fingerprint density at radius 2 is 0.838 bits per heavy atom. The van der Waals surface area contributed by atoms with E-state index in [-0.39, 0.29) is 23.5 Å². The summed E-state index contributed by atoms with van der Waals surface area (Å²) in [6.45, 7) is 18.7. The second-order valence-electron chi connectivity index (χ2n) is 24.3.